The van der Waals surface area contributed by atoms with Crippen LogP contribution in [0.2, 0.25) is 0 Å². The van der Waals surface area contributed by atoms with E-state index in [4.69, 9.17) is 15.2 Å². The lowest BCUT2D eigenvalue weighted by molar-refractivity contribution is -0.230. The maximum Gasteiger partial charge on any atom is 0.351 e. The van der Waals surface area contributed by atoms with Crippen molar-refractivity contribution in [2.75, 3.05) is 26.6 Å². The van der Waals surface area contributed by atoms with Gasteiger partial charge in [0.25, 0.3) is 7.82 Å². The van der Waals surface area contributed by atoms with Gasteiger partial charge in [-0.2, -0.15) is 4.98 Å². The molecule has 0 amide bonds. The van der Waals surface area contributed by atoms with Crippen LogP contribution in [0.15, 0.2) is 17.1 Å². The highest BCUT2D eigenvalue weighted by Gasteiger charge is 2.48. The van der Waals surface area contributed by atoms with Gasteiger partial charge in [-0.25, -0.2) is 9.18 Å². The van der Waals surface area contributed by atoms with E-state index in [1.165, 1.54) is 19.4 Å². The third kappa shape index (κ3) is 3.94. The van der Waals surface area contributed by atoms with Gasteiger partial charge in [-0.1, -0.05) is 0 Å². The molecule has 23 heavy (non-hydrogen) atoms. The van der Waals surface area contributed by atoms with Gasteiger partial charge >= 0.3 is 5.69 Å². The van der Waals surface area contributed by atoms with Crippen LogP contribution < -0.4 is 16.3 Å². The highest BCUT2D eigenvalue weighted by Crippen LogP contribution is 2.45. The molecule has 0 spiro atoms. The number of halogens is 1. The van der Waals surface area contributed by atoms with Crippen molar-refractivity contribution in [3.63, 3.8) is 0 Å². The Balaban J connectivity index is 2.30. The maximum atomic E-state index is 14.6. The first-order valence-electron chi connectivity index (χ1n) is 6.47. The molecule has 5 atom stereocenters. The number of alkyl halides is 1. The van der Waals surface area contributed by atoms with Gasteiger partial charge in [0, 0.05) is 20.4 Å². The van der Waals surface area contributed by atoms with Crippen LogP contribution in [0, 0.1) is 0 Å². The predicted octanol–water partition coefficient (Wildman–Crippen LogP) is -0.793. The summed E-state index contributed by atoms with van der Waals surface area (Å²) >= 11 is 0. The Kier molecular flexibility index (Phi) is 5.50. The van der Waals surface area contributed by atoms with E-state index in [0.717, 1.165) is 11.7 Å². The molecule has 10 nitrogen and oxygen atoms in total. The smallest absolute Gasteiger partial charge is 0.351 e. The predicted molar refractivity (Wildman–Crippen MR) is 73.1 cm³/mol. The fourth-order valence-electron chi connectivity index (χ4n) is 2.15. The van der Waals surface area contributed by atoms with Gasteiger partial charge in [0.1, 0.15) is 18.0 Å². The van der Waals surface area contributed by atoms with Crippen molar-refractivity contribution < 1.29 is 32.4 Å². The molecule has 0 aliphatic carbocycles. The lowest BCUT2D eigenvalue weighted by Gasteiger charge is -2.27. The van der Waals surface area contributed by atoms with Crippen LogP contribution in [0.4, 0.5) is 10.2 Å². The van der Waals surface area contributed by atoms with Crippen molar-refractivity contribution in [1.82, 2.24) is 9.55 Å². The lowest BCUT2D eigenvalue weighted by atomic mass is 10.1. The monoisotopic (exact) mass is 352 g/mol. The summed E-state index contributed by atoms with van der Waals surface area (Å²) in [5, 5.41) is 0. The second-order valence-electron chi connectivity index (χ2n) is 4.71. The molecular formula is C11H16FN3O7P-. The minimum atomic E-state index is -4.71. The third-order valence-electron chi connectivity index (χ3n) is 3.20. The molecule has 0 saturated carbocycles. The van der Waals surface area contributed by atoms with Crippen LogP contribution >= 0.6 is 7.82 Å². The summed E-state index contributed by atoms with van der Waals surface area (Å²) < 4.78 is 46.0. The molecule has 1 aliphatic rings. The molecule has 1 aliphatic heterocycles. The summed E-state index contributed by atoms with van der Waals surface area (Å²) in [6.45, 7) is -0.150. The largest absolute Gasteiger partial charge is 0.756 e. The van der Waals surface area contributed by atoms with Gasteiger partial charge < -0.3 is 29.1 Å². The quantitative estimate of drug-likeness (QED) is 0.652. The van der Waals surface area contributed by atoms with E-state index >= 15 is 0 Å². The zero-order valence-electron chi connectivity index (χ0n) is 12.3. The third-order valence-corrected chi connectivity index (χ3v) is 4.15. The van der Waals surface area contributed by atoms with Gasteiger partial charge in [0.05, 0.1) is 6.61 Å². The van der Waals surface area contributed by atoms with Crippen LogP contribution in [0.3, 0.4) is 0 Å². The molecule has 0 bridgehead atoms. The van der Waals surface area contributed by atoms with Crippen LogP contribution in [0.5, 0.6) is 0 Å². The minimum Gasteiger partial charge on any atom is -0.756 e. The first kappa shape index (κ1) is 18.0. The fourth-order valence-corrected chi connectivity index (χ4v) is 2.79. The van der Waals surface area contributed by atoms with Crippen molar-refractivity contribution in [2.45, 2.75) is 24.6 Å². The van der Waals surface area contributed by atoms with Gasteiger partial charge in [-0.3, -0.25) is 9.13 Å². The number of nitrogen functional groups attached to an aromatic ring is 1. The molecule has 1 saturated heterocycles. The van der Waals surface area contributed by atoms with Crippen LogP contribution in [-0.2, 0) is 23.1 Å². The van der Waals surface area contributed by atoms with Crippen LogP contribution in [0.1, 0.15) is 6.23 Å². The maximum absolute atomic E-state index is 14.6. The van der Waals surface area contributed by atoms with E-state index in [-0.39, 0.29) is 12.4 Å². The van der Waals surface area contributed by atoms with Gasteiger partial charge in [0.2, 0.25) is 0 Å². The number of nitrogens with two attached hydrogens (primary N) is 1. The number of ether oxygens (including phenoxy) is 2. The number of rotatable bonds is 6. The second-order valence-corrected chi connectivity index (χ2v) is 6.18. The number of aromatic nitrogens is 2. The normalized spacial score (nSPS) is 30.3. The molecule has 2 rings (SSSR count). The Bertz CT molecular complexity index is 657. The Hall–Kier alpha value is -1.36. The average molecular weight is 352 g/mol. The van der Waals surface area contributed by atoms with Crippen molar-refractivity contribution in [3.05, 3.63) is 22.7 Å². The molecule has 1 aromatic rings. The van der Waals surface area contributed by atoms with Crippen molar-refractivity contribution in [3.8, 4) is 0 Å². The zero-order chi connectivity index (χ0) is 17.2. The molecular weight excluding hydrogens is 336 g/mol. The van der Waals surface area contributed by atoms with Gasteiger partial charge in [-0.05, 0) is 6.07 Å². The number of methoxy groups -OCH3 is 1. The molecule has 1 fully saturated rings. The number of anilines is 1. The van der Waals surface area contributed by atoms with Crippen molar-refractivity contribution in [2.24, 2.45) is 0 Å². The SMILES string of the molecule is COC[C@H]1O[C@@H](n2ccc(N)nc2=O)[C@@H](F)C1OP(=O)([O-])OC. The Morgan fingerprint density at radius 1 is 1.57 bits per heavy atom. The first-order valence-corrected chi connectivity index (χ1v) is 7.93. The highest BCUT2D eigenvalue weighted by atomic mass is 31.2. The molecule has 1 aromatic heterocycles. The number of hydrogen-bond donors (Lipinski definition) is 1. The molecule has 130 valence electrons. The highest BCUT2D eigenvalue weighted by molar-refractivity contribution is 7.45. The molecule has 0 aromatic carbocycles. The van der Waals surface area contributed by atoms with Crippen LogP contribution in [0.25, 0.3) is 0 Å². The summed E-state index contributed by atoms with van der Waals surface area (Å²) in [4.78, 5) is 26.7. The Morgan fingerprint density at radius 3 is 2.83 bits per heavy atom. The Morgan fingerprint density at radius 2 is 2.26 bits per heavy atom. The van der Waals surface area contributed by atoms with E-state index in [1.807, 2.05) is 0 Å². The summed E-state index contributed by atoms with van der Waals surface area (Å²) in [6.07, 6.45) is -4.82. The average Bonchev–Trinajstić information content (AvgIpc) is 2.77. The van der Waals surface area contributed by atoms with Gasteiger partial charge in [0.15, 0.2) is 12.4 Å². The summed E-state index contributed by atoms with van der Waals surface area (Å²) in [5.74, 6) is -0.0376. The van der Waals surface area contributed by atoms with E-state index in [1.54, 1.807) is 0 Å². The van der Waals surface area contributed by atoms with Gasteiger partial charge in [-0.15, -0.1) is 0 Å². The second kappa shape index (κ2) is 7.04. The van der Waals surface area contributed by atoms with E-state index in [9.17, 15) is 18.6 Å². The number of hydrogen-bond acceptors (Lipinski definition) is 9. The van der Waals surface area contributed by atoms with Crippen LogP contribution in [-0.4, -0.2) is 48.8 Å². The molecule has 2 N–H and O–H groups in total. The number of phosphoric ester groups is 1. The number of phosphoric acid groups is 1. The van der Waals surface area contributed by atoms with Crippen molar-refractivity contribution in [1.29, 1.82) is 0 Å². The molecule has 2 unspecified atom stereocenters. The topological polar surface area (TPSA) is 138 Å². The molecule has 12 heteroatoms. The summed E-state index contributed by atoms with van der Waals surface area (Å²) in [6, 6.07) is 1.28. The van der Waals surface area contributed by atoms with E-state index in [0.29, 0.717) is 0 Å². The molecule has 2 heterocycles. The molecule has 0 radical (unpaired) electrons. The van der Waals surface area contributed by atoms with E-state index < -0.39 is 38.1 Å². The summed E-state index contributed by atoms with van der Waals surface area (Å²) in [7, 11) is -2.50. The van der Waals surface area contributed by atoms with Crippen molar-refractivity contribution >= 4 is 13.6 Å². The Labute approximate surface area is 130 Å². The standard InChI is InChI=1S/C11H17FN3O7P/c1-19-5-6-9(22-23(17,18)20-2)8(12)10(21-6)15-4-3-7(13)14-11(15)16/h3-4,6,8-10H,5H2,1-2H3,(H,17,18)(H2,13,14,16)/p-1/t6-,8+,9?,10-/m1/s1. The first-order chi connectivity index (χ1) is 10.8. The summed E-state index contributed by atoms with van der Waals surface area (Å²) in [5.41, 5.74) is 4.52. The lowest BCUT2D eigenvalue weighted by Crippen LogP contribution is -2.36. The zero-order valence-corrected chi connectivity index (χ0v) is 13.2. The minimum absolute atomic E-state index is 0.0376. The number of nitrogens with zero attached hydrogens (tertiary/aromatic N) is 2. The fraction of sp³-hybridized carbons (Fsp3) is 0.636. The van der Waals surface area contributed by atoms with E-state index in [2.05, 4.69) is 14.0 Å².